The third kappa shape index (κ3) is 2.47. The van der Waals surface area contributed by atoms with Crippen LogP contribution in [0.25, 0.3) is 11.0 Å². The van der Waals surface area contributed by atoms with E-state index in [1.54, 1.807) is 12.1 Å². The van der Waals surface area contributed by atoms with Gasteiger partial charge in [-0.05, 0) is 12.1 Å². The van der Waals surface area contributed by atoms with Crippen molar-refractivity contribution < 1.29 is 4.74 Å². The van der Waals surface area contributed by atoms with Crippen molar-refractivity contribution in [2.45, 2.75) is 12.5 Å². The summed E-state index contributed by atoms with van der Waals surface area (Å²) in [5.74, 6) is 0.923. The first-order chi connectivity index (χ1) is 8.72. The lowest BCUT2D eigenvalue weighted by atomic mass is 10.2. The lowest BCUT2D eigenvalue weighted by Crippen LogP contribution is -2.42. The molecule has 1 aromatic carbocycles. The molecule has 4 nitrogen and oxygen atoms in total. The minimum Gasteiger partial charge on any atom is -0.379 e. The van der Waals surface area contributed by atoms with Gasteiger partial charge >= 0.3 is 0 Å². The van der Waals surface area contributed by atoms with Crippen molar-refractivity contribution in [2.24, 2.45) is 0 Å². The number of morpholine rings is 1. The van der Waals surface area contributed by atoms with Crippen LogP contribution >= 0.6 is 23.2 Å². The predicted molar refractivity (Wildman–Crippen MR) is 72.4 cm³/mol. The minimum atomic E-state index is 0.310. The Morgan fingerprint density at radius 1 is 1.33 bits per heavy atom. The Balaban J connectivity index is 1.84. The number of benzene rings is 1. The van der Waals surface area contributed by atoms with Gasteiger partial charge in [0, 0.05) is 19.0 Å². The van der Waals surface area contributed by atoms with Crippen LogP contribution in [0.1, 0.15) is 5.82 Å². The molecular weight excluding hydrogens is 273 g/mol. The van der Waals surface area contributed by atoms with Crippen LogP contribution in [0.5, 0.6) is 0 Å². The fraction of sp³-hybridized carbons (Fsp3) is 0.417. The number of imidazole rings is 1. The molecule has 1 fully saturated rings. The highest BCUT2D eigenvalue weighted by molar-refractivity contribution is 6.42. The highest BCUT2D eigenvalue weighted by atomic mass is 35.5. The molecule has 1 unspecified atom stereocenters. The lowest BCUT2D eigenvalue weighted by molar-refractivity contribution is 0.0765. The molecule has 0 saturated carbocycles. The number of ether oxygens (including phenoxy) is 1. The van der Waals surface area contributed by atoms with Gasteiger partial charge in [-0.2, -0.15) is 0 Å². The van der Waals surface area contributed by atoms with Crippen molar-refractivity contribution in [2.75, 3.05) is 19.8 Å². The standard InChI is InChI=1S/C12H13Cl2N3O/c13-8-4-10-11(5-9(8)14)17-12(16-10)3-7-6-18-2-1-15-7/h4-5,7,15H,1-3,6H2,(H,16,17). The number of aromatic amines is 1. The lowest BCUT2D eigenvalue weighted by Gasteiger charge is -2.22. The molecule has 18 heavy (non-hydrogen) atoms. The van der Waals surface area contributed by atoms with Crippen molar-refractivity contribution in [1.29, 1.82) is 0 Å². The first-order valence-corrected chi connectivity index (χ1v) is 6.63. The third-order valence-corrected chi connectivity index (χ3v) is 3.73. The zero-order chi connectivity index (χ0) is 12.5. The van der Waals surface area contributed by atoms with Crippen molar-refractivity contribution in [3.63, 3.8) is 0 Å². The monoisotopic (exact) mass is 285 g/mol. The van der Waals surface area contributed by atoms with Crippen LogP contribution in [0, 0.1) is 0 Å². The topological polar surface area (TPSA) is 49.9 Å². The normalized spacial score (nSPS) is 20.4. The highest BCUT2D eigenvalue weighted by Crippen LogP contribution is 2.26. The van der Waals surface area contributed by atoms with E-state index in [0.29, 0.717) is 16.1 Å². The molecule has 2 heterocycles. The molecule has 0 amide bonds. The quantitative estimate of drug-likeness (QED) is 0.891. The summed E-state index contributed by atoms with van der Waals surface area (Å²) in [6.07, 6.45) is 0.809. The van der Waals surface area contributed by atoms with Gasteiger partial charge in [0.25, 0.3) is 0 Å². The average Bonchev–Trinajstić information content (AvgIpc) is 2.72. The molecule has 1 aliphatic rings. The Morgan fingerprint density at radius 3 is 2.94 bits per heavy atom. The summed E-state index contributed by atoms with van der Waals surface area (Å²) in [6.45, 7) is 2.39. The average molecular weight is 286 g/mol. The van der Waals surface area contributed by atoms with Crippen LogP contribution in [-0.2, 0) is 11.2 Å². The van der Waals surface area contributed by atoms with Gasteiger partial charge in [0.05, 0.1) is 34.3 Å². The van der Waals surface area contributed by atoms with Crippen molar-refractivity contribution in [1.82, 2.24) is 15.3 Å². The fourth-order valence-corrected chi connectivity index (χ4v) is 2.46. The second-order valence-electron chi connectivity index (χ2n) is 4.40. The minimum absolute atomic E-state index is 0.310. The maximum absolute atomic E-state index is 5.98. The van der Waals surface area contributed by atoms with Crippen molar-refractivity contribution in [3.8, 4) is 0 Å². The van der Waals surface area contributed by atoms with E-state index in [1.807, 2.05) is 0 Å². The predicted octanol–water partition coefficient (Wildman–Crippen LogP) is 2.40. The van der Waals surface area contributed by atoms with Crippen LogP contribution < -0.4 is 5.32 Å². The van der Waals surface area contributed by atoms with Gasteiger partial charge in [-0.25, -0.2) is 4.98 Å². The first kappa shape index (κ1) is 12.2. The molecule has 1 aliphatic heterocycles. The number of hydrogen-bond donors (Lipinski definition) is 2. The molecule has 96 valence electrons. The third-order valence-electron chi connectivity index (χ3n) is 3.01. The number of rotatable bonds is 2. The van der Waals surface area contributed by atoms with E-state index in [2.05, 4.69) is 15.3 Å². The zero-order valence-corrected chi connectivity index (χ0v) is 11.2. The molecule has 2 N–H and O–H groups in total. The molecular formula is C12H13Cl2N3O. The van der Waals surface area contributed by atoms with E-state index in [0.717, 1.165) is 43.0 Å². The number of halogens is 2. The summed E-state index contributed by atoms with van der Waals surface area (Å²) in [4.78, 5) is 7.78. The summed E-state index contributed by atoms with van der Waals surface area (Å²) < 4.78 is 5.42. The van der Waals surface area contributed by atoms with Crippen LogP contribution in [0.2, 0.25) is 10.0 Å². The van der Waals surface area contributed by atoms with Gasteiger partial charge in [0.15, 0.2) is 0 Å². The van der Waals surface area contributed by atoms with Gasteiger partial charge < -0.3 is 15.0 Å². The number of H-pyrrole nitrogens is 1. The highest BCUT2D eigenvalue weighted by Gasteiger charge is 2.15. The van der Waals surface area contributed by atoms with Gasteiger partial charge in [-0.1, -0.05) is 23.2 Å². The van der Waals surface area contributed by atoms with E-state index in [9.17, 15) is 0 Å². The van der Waals surface area contributed by atoms with Crippen LogP contribution in [-0.4, -0.2) is 35.8 Å². The molecule has 0 spiro atoms. The fourth-order valence-electron chi connectivity index (χ4n) is 2.14. The Bertz CT molecular complexity index is 525. The van der Waals surface area contributed by atoms with Crippen molar-refractivity contribution in [3.05, 3.63) is 28.0 Å². The summed E-state index contributed by atoms with van der Waals surface area (Å²) >= 11 is 11.9. The van der Waals surface area contributed by atoms with E-state index in [-0.39, 0.29) is 0 Å². The maximum Gasteiger partial charge on any atom is 0.108 e. The molecule has 1 aromatic heterocycles. The number of nitrogens with one attached hydrogen (secondary N) is 2. The second-order valence-corrected chi connectivity index (χ2v) is 5.21. The number of hydrogen-bond acceptors (Lipinski definition) is 3. The zero-order valence-electron chi connectivity index (χ0n) is 9.67. The Kier molecular flexibility index (Phi) is 3.43. The molecule has 0 aliphatic carbocycles. The summed E-state index contributed by atoms with van der Waals surface area (Å²) in [5, 5.41) is 4.47. The van der Waals surface area contributed by atoms with Crippen LogP contribution in [0.4, 0.5) is 0 Å². The van der Waals surface area contributed by atoms with Crippen LogP contribution in [0.15, 0.2) is 12.1 Å². The SMILES string of the molecule is Clc1cc2nc(CC3COCCN3)[nH]c2cc1Cl. The molecule has 6 heteroatoms. The second kappa shape index (κ2) is 5.05. The molecule has 1 saturated heterocycles. The van der Waals surface area contributed by atoms with Crippen molar-refractivity contribution >= 4 is 34.2 Å². The van der Waals surface area contributed by atoms with E-state index in [4.69, 9.17) is 27.9 Å². The molecule has 2 aromatic rings. The van der Waals surface area contributed by atoms with Gasteiger partial charge in [-0.3, -0.25) is 0 Å². The summed E-state index contributed by atoms with van der Waals surface area (Å²) in [5.41, 5.74) is 1.76. The smallest absolute Gasteiger partial charge is 0.108 e. The van der Waals surface area contributed by atoms with E-state index < -0.39 is 0 Å². The number of aromatic nitrogens is 2. The summed E-state index contributed by atoms with van der Waals surface area (Å²) in [7, 11) is 0. The Labute approximate surface area is 115 Å². The molecule has 0 radical (unpaired) electrons. The largest absolute Gasteiger partial charge is 0.379 e. The first-order valence-electron chi connectivity index (χ1n) is 5.87. The number of fused-ring (bicyclic) bond motifs is 1. The van der Waals surface area contributed by atoms with Gasteiger partial charge in [-0.15, -0.1) is 0 Å². The van der Waals surface area contributed by atoms with Crippen LogP contribution in [0.3, 0.4) is 0 Å². The maximum atomic E-state index is 5.98. The Hall–Kier alpha value is -0.810. The van der Waals surface area contributed by atoms with Gasteiger partial charge in [0.2, 0.25) is 0 Å². The molecule has 1 atom stereocenters. The Morgan fingerprint density at radius 2 is 2.17 bits per heavy atom. The number of nitrogens with zero attached hydrogens (tertiary/aromatic N) is 1. The van der Waals surface area contributed by atoms with Gasteiger partial charge in [0.1, 0.15) is 5.82 Å². The van der Waals surface area contributed by atoms with E-state index >= 15 is 0 Å². The molecule has 3 rings (SSSR count). The van der Waals surface area contributed by atoms with E-state index in [1.165, 1.54) is 0 Å². The molecule has 0 bridgehead atoms. The summed E-state index contributed by atoms with van der Waals surface area (Å²) in [6, 6.07) is 3.90.